The van der Waals surface area contributed by atoms with Crippen LogP contribution in [0.15, 0.2) is 48.5 Å². The molecule has 0 saturated carbocycles. The van der Waals surface area contributed by atoms with E-state index in [1.807, 2.05) is 0 Å². The van der Waals surface area contributed by atoms with Crippen LogP contribution in [0.2, 0.25) is 0 Å². The standard InChI is InChI=1S/C16H14F6N2O6S3/c1-11-5-3-7-13(9-11)23(31(25,26)15(17,18)19)33(29,30)24(32(27,28)16(20,21)22)14-8-4-6-12(2)10-14/h3-10H,1-2H3. The van der Waals surface area contributed by atoms with Gasteiger partial charge in [0.05, 0.1) is 11.4 Å². The van der Waals surface area contributed by atoms with Gasteiger partial charge in [0.25, 0.3) is 0 Å². The Balaban J connectivity index is 3.04. The monoisotopic (exact) mass is 540 g/mol. The second kappa shape index (κ2) is 8.35. The zero-order chi connectivity index (χ0) is 25.6. The fraction of sp³-hybridized carbons (Fsp3) is 0.250. The first-order valence-corrected chi connectivity index (χ1v) is 12.6. The van der Waals surface area contributed by atoms with Crippen molar-refractivity contribution < 1.29 is 51.6 Å². The van der Waals surface area contributed by atoms with Crippen LogP contribution in [-0.2, 0) is 30.3 Å². The third-order valence-electron chi connectivity index (χ3n) is 3.87. The highest BCUT2D eigenvalue weighted by atomic mass is 32.3. The fourth-order valence-electron chi connectivity index (χ4n) is 2.53. The number of aryl methyl sites for hydroxylation is 2. The van der Waals surface area contributed by atoms with Crippen molar-refractivity contribution in [1.29, 1.82) is 0 Å². The van der Waals surface area contributed by atoms with Gasteiger partial charge in [0.2, 0.25) is 0 Å². The molecule has 8 nitrogen and oxygen atoms in total. The van der Waals surface area contributed by atoms with Crippen LogP contribution in [0.4, 0.5) is 37.7 Å². The molecule has 0 aliphatic rings. The van der Waals surface area contributed by atoms with Gasteiger partial charge in [-0.1, -0.05) is 24.3 Å². The Hall–Kier alpha value is -2.53. The van der Waals surface area contributed by atoms with Gasteiger partial charge in [-0.2, -0.15) is 51.6 Å². The number of alkyl halides is 6. The van der Waals surface area contributed by atoms with Crippen LogP contribution in [0, 0.1) is 13.8 Å². The lowest BCUT2D eigenvalue weighted by molar-refractivity contribution is -0.0437. The first-order valence-electron chi connectivity index (χ1n) is 8.36. The van der Waals surface area contributed by atoms with Gasteiger partial charge in [-0.15, -0.1) is 7.42 Å². The van der Waals surface area contributed by atoms with Crippen molar-refractivity contribution in [1.82, 2.24) is 0 Å². The summed E-state index contributed by atoms with van der Waals surface area (Å²) in [4.78, 5) is 0. The van der Waals surface area contributed by atoms with E-state index in [2.05, 4.69) is 0 Å². The number of halogens is 6. The summed E-state index contributed by atoms with van der Waals surface area (Å²) in [6.07, 6.45) is 0. The summed E-state index contributed by atoms with van der Waals surface area (Å²) >= 11 is 0. The maximum absolute atomic E-state index is 13.4. The molecule has 0 aromatic heterocycles. The van der Waals surface area contributed by atoms with Crippen LogP contribution < -0.4 is 7.42 Å². The molecule has 0 saturated heterocycles. The Bertz CT molecular complexity index is 1270. The van der Waals surface area contributed by atoms with Crippen LogP contribution in [-0.4, -0.2) is 36.3 Å². The van der Waals surface area contributed by atoms with Crippen LogP contribution in [0.1, 0.15) is 11.1 Å². The summed E-state index contributed by atoms with van der Waals surface area (Å²) in [7, 11) is -20.6. The van der Waals surface area contributed by atoms with Crippen molar-refractivity contribution in [3.8, 4) is 0 Å². The van der Waals surface area contributed by atoms with Crippen molar-refractivity contribution in [2.75, 3.05) is 7.42 Å². The molecule has 0 fully saturated rings. The zero-order valence-corrected chi connectivity index (χ0v) is 18.9. The average Bonchev–Trinajstić information content (AvgIpc) is 2.59. The fourth-order valence-corrected chi connectivity index (χ4v) is 7.60. The molecule has 2 aromatic rings. The number of anilines is 2. The molecule has 0 atom stereocenters. The van der Waals surface area contributed by atoms with Gasteiger partial charge in [0.15, 0.2) is 0 Å². The van der Waals surface area contributed by atoms with Gasteiger partial charge in [-0.3, -0.25) is 0 Å². The van der Waals surface area contributed by atoms with Crippen LogP contribution in [0.5, 0.6) is 0 Å². The Morgan fingerprint density at radius 1 is 0.606 bits per heavy atom. The van der Waals surface area contributed by atoms with E-state index in [1.165, 1.54) is 26.0 Å². The van der Waals surface area contributed by atoms with E-state index in [-0.39, 0.29) is 11.1 Å². The van der Waals surface area contributed by atoms with Gasteiger partial charge >= 0.3 is 41.3 Å². The van der Waals surface area contributed by atoms with E-state index in [0.29, 0.717) is 24.3 Å². The highest BCUT2D eigenvalue weighted by molar-refractivity contribution is 8.18. The lowest BCUT2D eigenvalue weighted by Gasteiger charge is -2.32. The molecule has 0 heterocycles. The molecule has 184 valence electrons. The van der Waals surface area contributed by atoms with Crippen LogP contribution in [0.25, 0.3) is 0 Å². The van der Waals surface area contributed by atoms with Gasteiger partial charge in [0.1, 0.15) is 0 Å². The predicted molar refractivity (Wildman–Crippen MR) is 106 cm³/mol. The minimum Gasteiger partial charge on any atom is -0.196 e. The third-order valence-corrected chi connectivity index (χ3v) is 9.90. The maximum atomic E-state index is 13.4. The third kappa shape index (κ3) is 4.89. The molecule has 0 spiro atoms. The molecule has 33 heavy (non-hydrogen) atoms. The van der Waals surface area contributed by atoms with Gasteiger partial charge in [0, 0.05) is 0 Å². The molecule has 0 unspecified atom stereocenters. The van der Waals surface area contributed by atoms with E-state index in [9.17, 15) is 51.6 Å². The number of nitrogens with zero attached hydrogens (tertiary/aromatic N) is 2. The number of rotatable bonds is 6. The quantitative estimate of drug-likeness (QED) is 0.519. The highest BCUT2D eigenvalue weighted by Crippen LogP contribution is 2.40. The predicted octanol–water partition coefficient (Wildman–Crippen LogP) is 3.56. The average molecular weight is 540 g/mol. The minimum atomic E-state index is -6.96. The van der Waals surface area contributed by atoms with Gasteiger partial charge in [-0.05, 0) is 49.2 Å². The van der Waals surface area contributed by atoms with Crippen molar-refractivity contribution in [2.24, 2.45) is 0 Å². The molecule has 0 aliphatic carbocycles. The largest absolute Gasteiger partial charge is 0.517 e. The summed E-state index contributed by atoms with van der Waals surface area (Å²) in [6.45, 7) is 2.44. The van der Waals surface area contributed by atoms with E-state index in [1.54, 1.807) is 0 Å². The van der Waals surface area contributed by atoms with Crippen molar-refractivity contribution in [2.45, 2.75) is 24.9 Å². The minimum absolute atomic E-state index is 0.0193. The van der Waals surface area contributed by atoms with Crippen molar-refractivity contribution in [3.63, 3.8) is 0 Å². The summed E-state index contributed by atoms with van der Waals surface area (Å²) in [5.41, 5.74) is -15.1. The SMILES string of the molecule is Cc1cccc(N(S(=O)(=O)N(c2cccc(C)c2)S(=O)(=O)C(F)(F)F)S(=O)(=O)C(F)(F)F)c1. The first kappa shape index (κ1) is 26.7. The number of benzene rings is 2. The lowest BCUT2D eigenvalue weighted by atomic mass is 10.2. The Labute approximate surface area is 185 Å². The van der Waals surface area contributed by atoms with Gasteiger partial charge in [-0.25, -0.2) is 0 Å². The summed E-state index contributed by atoms with van der Waals surface area (Å²) in [6, 6.07) is 6.59. The summed E-state index contributed by atoms with van der Waals surface area (Å²) in [5, 5.41) is 0. The molecule has 17 heteroatoms. The van der Waals surface area contributed by atoms with E-state index < -0.39 is 60.1 Å². The second-order valence-electron chi connectivity index (χ2n) is 6.48. The Morgan fingerprint density at radius 3 is 1.15 bits per heavy atom. The van der Waals surface area contributed by atoms with E-state index >= 15 is 0 Å². The first-order chi connectivity index (χ1) is 14.7. The molecule has 0 radical (unpaired) electrons. The summed E-state index contributed by atoms with van der Waals surface area (Å²) in [5.74, 6) is 0. The highest BCUT2D eigenvalue weighted by Gasteiger charge is 2.61. The Kier molecular flexibility index (Phi) is 6.76. The lowest BCUT2D eigenvalue weighted by Crippen LogP contribution is -2.55. The van der Waals surface area contributed by atoms with Crippen LogP contribution in [0.3, 0.4) is 0 Å². The molecular formula is C16H14F6N2O6S3. The molecule has 2 aromatic carbocycles. The maximum Gasteiger partial charge on any atom is 0.517 e. The Morgan fingerprint density at radius 2 is 0.909 bits per heavy atom. The molecule has 0 N–H and O–H groups in total. The molecule has 0 aliphatic heterocycles. The van der Waals surface area contributed by atoms with Crippen LogP contribution >= 0.6 is 0 Å². The number of hydrogen-bond donors (Lipinski definition) is 0. The summed E-state index contributed by atoms with van der Waals surface area (Å²) < 4.78 is 153. The number of hydrogen-bond acceptors (Lipinski definition) is 6. The van der Waals surface area contributed by atoms with E-state index in [4.69, 9.17) is 0 Å². The van der Waals surface area contributed by atoms with Crippen molar-refractivity contribution >= 4 is 41.6 Å². The topological polar surface area (TPSA) is 109 Å². The number of sulfonamides is 2. The zero-order valence-electron chi connectivity index (χ0n) is 16.5. The van der Waals surface area contributed by atoms with E-state index in [0.717, 1.165) is 12.1 Å². The molecule has 0 bridgehead atoms. The normalized spacial score (nSPS) is 13.6. The smallest absolute Gasteiger partial charge is 0.196 e. The molecule has 2 rings (SSSR count). The molecule has 0 amide bonds. The molecular weight excluding hydrogens is 526 g/mol. The second-order valence-corrected chi connectivity index (χ2v) is 12.1. The van der Waals surface area contributed by atoms with Crippen molar-refractivity contribution in [3.05, 3.63) is 59.7 Å². The van der Waals surface area contributed by atoms with Gasteiger partial charge < -0.3 is 0 Å².